The van der Waals surface area contributed by atoms with Crippen molar-refractivity contribution in [2.24, 2.45) is 5.92 Å². The maximum Gasteiger partial charge on any atom is 0.223 e. The van der Waals surface area contributed by atoms with Crippen LogP contribution >= 0.6 is 0 Å². The number of pyridine rings is 1. The Morgan fingerprint density at radius 3 is 2.64 bits per heavy atom. The average Bonchev–Trinajstić information content (AvgIpc) is 2.88. The van der Waals surface area contributed by atoms with Crippen LogP contribution in [0.25, 0.3) is 0 Å². The molecule has 0 unspecified atom stereocenters. The largest absolute Gasteiger partial charge is 0.332 e. The Morgan fingerprint density at radius 1 is 1.45 bits per heavy atom. The number of aromatic nitrogens is 1. The van der Waals surface area contributed by atoms with E-state index < -0.39 is 17.8 Å². The standard InChI is InChI=1S/C16H18FN3O2/c1-10(2)15(20-7-3-4-14(20)21)16(22)12(8-18)13-6-5-11(17)9-19-13/h5-6,9-10,12,15H,3-4,7H2,1-2H3/t12-,15+/m0/s1. The summed E-state index contributed by atoms with van der Waals surface area (Å²) in [5.74, 6) is -2.14. The van der Waals surface area contributed by atoms with E-state index in [0.717, 1.165) is 12.6 Å². The summed E-state index contributed by atoms with van der Waals surface area (Å²) in [4.78, 5) is 30.1. The van der Waals surface area contributed by atoms with Crippen LogP contribution < -0.4 is 0 Å². The molecule has 1 amide bonds. The van der Waals surface area contributed by atoms with Gasteiger partial charge in [-0.15, -0.1) is 0 Å². The van der Waals surface area contributed by atoms with Gasteiger partial charge in [-0.05, 0) is 24.5 Å². The van der Waals surface area contributed by atoms with Gasteiger partial charge in [-0.1, -0.05) is 13.8 Å². The number of hydrogen-bond donors (Lipinski definition) is 0. The maximum atomic E-state index is 13.0. The van der Waals surface area contributed by atoms with Gasteiger partial charge >= 0.3 is 0 Å². The number of halogens is 1. The van der Waals surface area contributed by atoms with Crippen LogP contribution in [0.3, 0.4) is 0 Å². The van der Waals surface area contributed by atoms with Gasteiger partial charge in [0.05, 0.1) is 24.0 Å². The molecule has 0 aromatic carbocycles. The van der Waals surface area contributed by atoms with Crippen molar-refractivity contribution < 1.29 is 14.0 Å². The van der Waals surface area contributed by atoms with Crippen molar-refractivity contribution >= 4 is 11.7 Å². The number of rotatable bonds is 5. The number of likely N-dealkylation sites (tertiary alicyclic amines) is 1. The molecule has 6 heteroatoms. The van der Waals surface area contributed by atoms with Crippen molar-refractivity contribution in [3.63, 3.8) is 0 Å². The molecule has 1 aliphatic rings. The number of carbonyl (C=O) groups excluding carboxylic acids is 2. The Balaban J connectivity index is 2.30. The molecule has 5 nitrogen and oxygen atoms in total. The van der Waals surface area contributed by atoms with E-state index in [2.05, 4.69) is 4.98 Å². The molecule has 1 aliphatic heterocycles. The first-order chi connectivity index (χ1) is 10.5. The summed E-state index contributed by atoms with van der Waals surface area (Å²) in [6.07, 6.45) is 2.14. The van der Waals surface area contributed by atoms with Gasteiger partial charge in [-0.3, -0.25) is 14.6 Å². The highest BCUT2D eigenvalue weighted by molar-refractivity contribution is 5.95. The van der Waals surface area contributed by atoms with Gasteiger partial charge in [-0.25, -0.2) is 4.39 Å². The summed E-state index contributed by atoms with van der Waals surface area (Å²) in [6, 6.07) is 3.80. The lowest BCUT2D eigenvalue weighted by Gasteiger charge is -2.31. The first-order valence-electron chi connectivity index (χ1n) is 7.30. The number of hydrogen-bond acceptors (Lipinski definition) is 4. The zero-order valence-electron chi connectivity index (χ0n) is 12.6. The molecule has 2 atom stereocenters. The third-order valence-electron chi connectivity index (χ3n) is 3.83. The Labute approximate surface area is 128 Å². The third kappa shape index (κ3) is 3.14. The third-order valence-corrected chi connectivity index (χ3v) is 3.83. The molecule has 0 saturated carbocycles. The van der Waals surface area contributed by atoms with Gasteiger partial charge in [0.15, 0.2) is 5.78 Å². The highest BCUT2D eigenvalue weighted by Gasteiger charge is 2.39. The van der Waals surface area contributed by atoms with Crippen LogP contribution in [0.15, 0.2) is 18.3 Å². The van der Waals surface area contributed by atoms with Crippen LogP contribution in [-0.2, 0) is 9.59 Å². The molecule has 0 N–H and O–H groups in total. The van der Waals surface area contributed by atoms with Crippen molar-refractivity contribution in [2.75, 3.05) is 6.54 Å². The number of amides is 1. The van der Waals surface area contributed by atoms with E-state index >= 15 is 0 Å². The smallest absolute Gasteiger partial charge is 0.223 e. The summed E-state index contributed by atoms with van der Waals surface area (Å²) in [7, 11) is 0. The van der Waals surface area contributed by atoms with E-state index in [0.29, 0.717) is 13.0 Å². The summed E-state index contributed by atoms with van der Waals surface area (Å²) in [6.45, 7) is 4.23. The minimum Gasteiger partial charge on any atom is -0.332 e. The van der Waals surface area contributed by atoms with Crippen molar-refractivity contribution in [1.82, 2.24) is 9.88 Å². The number of Topliss-reactive ketones (excluding diaryl/α,β-unsaturated/α-hetero) is 1. The number of ketones is 1. The molecule has 0 spiro atoms. The Hall–Kier alpha value is -2.29. The highest BCUT2D eigenvalue weighted by Crippen LogP contribution is 2.25. The van der Waals surface area contributed by atoms with E-state index in [-0.39, 0.29) is 23.3 Å². The molecule has 0 aliphatic carbocycles. The van der Waals surface area contributed by atoms with Crippen molar-refractivity contribution in [1.29, 1.82) is 5.26 Å². The molecule has 1 fully saturated rings. The average molecular weight is 303 g/mol. The summed E-state index contributed by atoms with van der Waals surface area (Å²) < 4.78 is 13.0. The first-order valence-corrected chi connectivity index (χ1v) is 7.30. The van der Waals surface area contributed by atoms with Crippen molar-refractivity contribution in [3.8, 4) is 6.07 Å². The van der Waals surface area contributed by atoms with E-state index in [4.69, 9.17) is 0 Å². The van der Waals surface area contributed by atoms with Gasteiger partial charge in [0, 0.05) is 13.0 Å². The normalized spacial score (nSPS) is 17.4. The number of nitrogens with zero attached hydrogens (tertiary/aromatic N) is 3. The van der Waals surface area contributed by atoms with Gasteiger partial charge in [0.2, 0.25) is 5.91 Å². The lowest BCUT2D eigenvalue weighted by atomic mass is 9.88. The van der Waals surface area contributed by atoms with Gasteiger partial charge in [-0.2, -0.15) is 5.26 Å². The molecule has 0 radical (unpaired) electrons. The molecular weight excluding hydrogens is 285 g/mol. The van der Waals surface area contributed by atoms with E-state index in [9.17, 15) is 19.2 Å². The molecule has 1 aromatic heterocycles. The Kier molecular flexibility index (Phi) is 4.86. The van der Waals surface area contributed by atoms with E-state index in [1.165, 1.54) is 12.1 Å². The fourth-order valence-electron chi connectivity index (χ4n) is 2.81. The van der Waals surface area contributed by atoms with Crippen LogP contribution in [0, 0.1) is 23.1 Å². The second-order valence-corrected chi connectivity index (χ2v) is 5.75. The van der Waals surface area contributed by atoms with Crippen LogP contribution in [0.2, 0.25) is 0 Å². The summed E-state index contributed by atoms with van der Waals surface area (Å²) >= 11 is 0. The summed E-state index contributed by atoms with van der Waals surface area (Å²) in [5, 5.41) is 9.35. The Morgan fingerprint density at radius 2 is 2.18 bits per heavy atom. The Bertz CT molecular complexity index is 607. The lowest BCUT2D eigenvalue weighted by Crippen LogP contribution is -2.47. The van der Waals surface area contributed by atoms with Crippen LogP contribution in [0.4, 0.5) is 4.39 Å². The van der Waals surface area contributed by atoms with Gasteiger partial charge in [0.25, 0.3) is 0 Å². The van der Waals surface area contributed by atoms with E-state index in [1.54, 1.807) is 4.90 Å². The highest BCUT2D eigenvalue weighted by atomic mass is 19.1. The monoisotopic (exact) mass is 303 g/mol. The maximum absolute atomic E-state index is 13.0. The summed E-state index contributed by atoms with van der Waals surface area (Å²) in [5.41, 5.74) is 0.214. The lowest BCUT2D eigenvalue weighted by molar-refractivity contribution is -0.138. The molecule has 1 aromatic rings. The minimum absolute atomic E-state index is 0.0594. The minimum atomic E-state index is -1.10. The molecule has 1 saturated heterocycles. The van der Waals surface area contributed by atoms with Crippen LogP contribution in [0.1, 0.15) is 38.3 Å². The molecule has 116 valence electrons. The molecular formula is C16H18FN3O2. The predicted octanol–water partition coefficient (Wildman–Crippen LogP) is 2.04. The second kappa shape index (κ2) is 6.65. The fourth-order valence-corrected chi connectivity index (χ4v) is 2.81. The van der Waals surface area contributed by atoms with Crippen molar-refractivity contribution in [2.45, 2.75) is 38.6 Å². The molecule has 2 rings (SSSR count). The van der Waals surface area contributed by atoms with E-state index in [1.807, 2.05) is 19.9 Å². The SMILES string of the molecule is CC(C)[C@H](C(=O)[C@@H](C#N)c1ccc(F)cn1)N1CCCC1=O. The van der Waals surface area contributed by atoms with Gasteiger partial charge < -0.3 is 4.90 Å². The zero-order valence-corrected chi connectivity index (χ0v) is 12.6. The molecule has 2 heterocycles. The first kappa shape index (κ1) is 16.1. The number of carbonyl (C=O) groups is 2. The molecule has 22 heavy (non-hydrogen) atoms. The quantitative estimate of drug-likeness (QED) is 0.834. The fraction of sp³-hybridized carbons (Fsp3) is 0.500. The predicted molar refractivity (Wildman–Crippen MR) is 77.1 cm³/mol. The van der Waals surface area contributed by atoms with Crippen molar-refractivity contribution in [3.05, 3.63) is 29.8 Å². The van der Waals surface area contributed by atoms with Crippen LogP contribution in [-0.4, -0.2) is 34.2 Å². The molecule has 0 bridgehead atoms. The van der Waals surface area contributed by atoms with Gasteiger partial charge in [0.1, 0.15) is 11.7 Å². The topological polar surface area (TPSA) is 74.1 Å². The number of nitriles is 1. The second-order valence-electron chi connectivity index (χ2n) is 5.75. The zero-order chi connectivity index (χ0) is 16.3. The van der Waals surface area contributed by atoms with Crippen LogP contribution in [0.5, 0.6) is 0 Å².